The van der Waals surface area contributed by atoms with Crippen LogP contribution in [0.5, 0.6) is 0 Å². The molecule has 0 unspecified atom stereocenters. The molecule has 0 saturated carbocycles. The first-order valence-corrected chi connectivity index (χ1v) is 11.5. The number of aryl methyl sites for hydroxylation is 2. The van der Waals surface area contributed by atoms with Crippen molar-refractivity contribution in [3.05, 3.63) is 59.7 Å². The fourth-order valence-electron chi connectivity index (χ4n) is 2.54. The molecule has 0 aliphatic carbocycles. The largest absolute Gasteiger partial charge is 0.242 e. The van der Waals surface area contributed by atoms with Crippen LogP contribution in [0.15, 0.2) is 58.3 Å². The molecule has 0 aliphatic rings. The van der Waals surface area contributed by atoms with Gasteiger partial charge in [-0.15, -0.1) is 0 Å². The molecule has 0 spiro atoms. The van der Waals surface area contributed by atoms with Gasteiger partial charge in [-0.3, -0.25) is 0 Å². The number of hydrogen-bond acceptors (Lipinski definition) is 4. The van der Waals surface area contributed by atoms with Gasteiger partial charge in [0.1, 0.15) is 0 Å². The Morgan fingerprint density at radius 3 is 1.22 bits per heavy atom. The third-order valence-electron chi connectivity index (χ3n) is 4.40. The minimum Gasteiger partial charge on any atom is -0.207 e. The van der Waals surface area contributed by atoms with E-state index >= 15 is 0 Å². The van der Waals surface area contributed by atoms with E-state index in [9.17, 15) is 16.8 Å². The van der Waals surface area contributed by atoms with E-state index in [4.69, 9.17) is 0 Å². The molecule has 0 atom stereocenters. The van der Waals surface area contributed by atoms with Crippen LogP contribution in [0.3, 0.4) is 0 Å². The third kappa shape index (κ3) is 5.16. The molecule has 6 nitrogen and oxygen atoms in total. The van der Waals surface area contributed by atoms with Crippen LogP contribution >= 0.6 is 0 Å². The highest BCUT2D eigenvalue weighted by Crippen LogP contribution is 2.17. The Morgan fingerprint density at radius 2 is 0.926 bits per heavy atom. The van der Waals surface area contributed by atoms with Gasteiger partial charge >= 0.3 is 0 Å². The Labute approximate surface area is 162 Å². The lowest BCUT2D eigenvalue weighted by molar-refractivity contribution is 0.415. The first-order valence-electron chi connectivity index (χ1n) is 8.61. The van der Waals surface area contributed by atoms with Crippen molar-refractivity contribution in [2.24, 2.45) is 0 Å². The first-order chi connectivity index (χ1) is 12.5. The molecule has 0 N–H and O–H groups in total. The van der Waals surface area contributed by atoms with Crippen LogP contribution in [-0.4, -0.2) is 52.6 Å². The van der Waals surface area contributed by atoms with Gasteiger partial charge in [0.25, 0.3) is 0 Å². The van der Waals surface area contributed by atoms with E-state index in [2.05, 4.69) is 0 Å². The second-order valence-corrected chi connectivity index (χ2v) is 10.7. The highest BCUT2D eigenvalue weighted by molar-refractivity contribution is 7.89. The lowest BCUT2D eigenvalue weighted by Gasteiger charge is -2.20. The number of benzene rings is 2. The second kappa shape index (κ2) is 8.52. The Hall–Kier alpha value is -1.74. The van der Waals surface area contributed by atoms with E-state index in [0.717, 1.165) is 11.1 Å². The van der Waals surface area contributed by atoms with Crippen LogP contribution < -0.4 is 0 Å². The molecular weight excluding hydrogens is 384 g/mol. The normalized spacial score (nSPS) is 12.7. The zero-order valence-electron chi connectivity index (χ0n) is 16.1. The molecule has 148 valence electrons. The van der Waals surface area contributed by atoms with Crippen molar-refractivity contribution in [2.75, 3.05) is 27.2 Å². The molecule has 0 amide bonds. The average molecular weight is 411 g/mol. The Morgan fingerprint density at radius 1 is 0.630 bits per heavy atom. The van der Waals surface area contributed by atoms with Gasteiger partial charge in [-0.25, -0.2) is 25.4 Å². The van der Waals surface area contributed by atoms with Gasteiger partial charge in [0.2, 0.25) is 20.0 Å². The molecule has 0 heterocycles. The van der Waals surface area contributed by atoms with Gasteiger partial charge in [-0.1, -0.05) is 35.4 Å². The fraction of sp³-hybridized carbons (Fsp3) is 0.368. The smallest absolute Gasteiger partial charge is 0.207 e. The SMILES string of the molecule is Cc1ccc(S(=O)(=O)N(C)CCCN(C)S(=O)(=O)c2ccc(C)cc2)cc1. The van der Waals surface area contributed by atoms with Crippen molar-refractivity contribution < 1.29 is 16.8 Å². The Bertz CT molecular complexity index is 886. The van der Waals surface area contributed by atoms with E-state index in [0.29, 0.717) is 6.42 Å². The average Bonchev–Trinajstić information content (AvgIpc) is 2.62. The summed E-state index contributed by atoms with van der Waals surface area (Å²) in [6, 6.07) is 13.3. The summed E-state index contributed by atoms with van der Waals surface area (Å²) in [7, 11) is -4.15. The summed E-state index contributed by atoms with van der Waals surface area (Å²) in [6.07, 6.45) is 0.392. The molecule has 0 aliphatic heterocycles. The van der Waals surface area contributed by atoms with E-state index in [1.807, 2.05) is 13.8 Å². The van der Waals surface area contributed by atoms with Crippen LogP contribution in [-0.2, 0) is 20.0 Å². The van der Waals surface area contributed by atoms with Gasteiger partial charge in [0.15, 0.2) is 0 Å². The molecule has 0 saturated heterocycles. The fourth-order valence-corrected chi connectivity index (χ4v) is 4.96. The second-order valence-electron chi connectivity index (χ2n) is 6.63. The van der Waals surface area contributed by atoms with Crippen LogP contribution in [0.2, 0.25) is 0 Å². The summed E-state index contributed by atoms with van der Waals surface area (Å²) in [6.45, 7) is 4.24. The van der Waals surface area contributed by atoms with Crippen molar-refractivity contribution in [2.45, 2.75) is 30.1 Å². The molecule has 0 bridgehead atoms. The monoisotopic (exact) mass is 410 g/mol. The molecule has 2 rings (SSSR count). The first kappa shape index (κ1) is 21.6. The third-order valence-corrected chi connectivity index (χ3v) is 8.15. The predicted molar refractivity (Wildman–Crippen MR) is 107 cm³/mol. The highest BCUT2D eigenvalue weighted by atomic mass is 32.2. The van der Waals surface area contributed by atoms with Crippen LogP contribution in [0.25, 0.3) is 0 Å². The summed E-state index contributed by atoms with van der Waals surface area (Å²) < 4.78 is 52.8. The van der Waals surface area contributed by atoms with Crippen LogP contribution in [0, 0.1) is 13.8 Å². The highest BCUT2D eigenvalue weighted by Gasteiger charge is 2.23. The van der Waals surface area contributed by atoms with Gasteiger partial charge < -0.3 is 0 Å². The Kier molecular flexibility index (Phi) is 6.80. The van der Waals surface area contributed by atoms with Crippen LogP contribution in [0.1, 0.15) is 17.5 Å². The molecule has 27 heavy (non-hydrogen) atoms. The van der Waals surface area contributed by atoms with Crippen molar-refractivity contribution in [1.82, 2.24) is 8.61 Å². The van der Waals surface area contributed by atoms with E-state index in [1.165, 1.54) is 22.7 Å². The standard InChI is InChI=1S/C19H26N2O4S2/c1-16-6-10-18(11-7-16)26(22,23)20(3)14-5-15-21(4)27(24,25)19-12-8-17(2)9-13-19/h6-13H,5,14-15H2,1-4H3. The summed E-state index contributed by atoms with van der Waals surface area (Å²) in [5.74, 6) is 0. The molecular formula is C19H26N2O4S2. The summed E-state index contributed by atoms with van der Waals surface area (Å²) in [5.41, 5.74) is 1.97. The zero-order chi connectivity index (χ0) is 20.2. The minimum atomic E-state index is -3.58. The van der Waals surface area contributed by atoms with Crippen molar-refractivity contribution in [3.63, 3.8) is 0 Å². The maximum absolute atomic E-state index is 12.6. The molecule has 8 heteroatoms. The molecule has 0 fully saturated rings. The number of hydrogen-bond donors (Lipinski definition) is 0. The quantitative estimate of drug-likeness (QED) is 0.670. The summed E-state index contributed by atoms with van der Waals surface area (Å²) >= 11 is 0. The van der Waals surface area contributed by atoms with Crippen LogP contribution in [0.4, 0.5) is 0 Å². The van der Waals surface area contributed by atoms with Crippen molar-refractivity contribution in [1.29, 1.82) is 0 Å². The van der Waals surface area contributed by atoms with Gasteiger partial charge in [-0.05, 0) is 44.5 Å². The van der Waals surface area contributed by atoms with E-state index in [-0.39, 0.29) is 22.9 Å². The van der Waals surface area contributed by atoms with E-state index in [1.54, 1.807) is 48.5 Å². The predicted octanol–water partition coefficient (Wildman–Crippen LogP) is 2.63. The van der Waals surface area contributed by atoms with E-state index < -0.39 is 20.0 Å². The number of rotatable bonds is 8. The summed E-state index contributed by atoms with van der Waals surface area (Å²) in [5, 5.41) is 0. The van der Waals surface area contributed by atoms with Gasteiger partial charge in [-0.2, -0.15) is 0 Å². The lowest BCUT2D eigenvalue weighted by atomic mass is 10.2. The zero-order valence-corrected chi connectivity index (χ0v) is 17.7. The molecule has 0 radical (unpaired) electrons. The van der Waals surface area contributed by atoms with Crippen molar-refractivity contribution >= 4 is 20.0 Å². The maximum atomic E-state index is 12.6. The summed E-state index contributed by atoms with van der Waals surface area (Å²) in [4.78, 5) is 0.465. The topological polar surface area (TPSA) is 74.8 Å². The minimum absolute atomic E-state index is 0.226. The molecule has 2 aromatic rings. The Balaban J connectivity index is 1.98. The van der Waals surface area contributed by atoms with Crippen molar-refractivity contribution in [3.8, 4) is 0 Å². The molecule has 0 aromatic heterocycles. The lowest BCUT2D eigenvalue weighted by Crippen LogP contribution is -2.32. The number of sulfonamides is 2. The molecule has 2 aromatic carbocycles. The number of nitrogens with zero attached hydrogens (tertiary/aromatic N) is 2. The van der Waals surface area contributed by atoms with Gasteiger partial charge in [0.05, 0.1) is 9.79 Å². The van der Waals surface area contributed by atoms with Gasteiger partial charge in [0, 0.05) is 27.2 Å². The maximum Gasteiger partial charge on any atom is 0.242 e.